The van der Waals surface area contributed by atoms with E-state index in [0.717, 1.165) is 5.56 Å². The fourth-order valence-electron chi connectivity index (χ4n) is 4.44. The number of fused-ring (bicyclic) bond motifs is 3. The second kappa shape index (κ2) is 9.50. The Morgan fingerprint density at radius 3 is 1.92 bits per heavy atom. The maximum Gasteiger partial charge on any atom is 0.343 e. The van der Waals surface area contributed by atoms with E-state index in [-0.39, 0.29) is 29.1 Å². The number of ether oxygens (including phenoxy) is 2. The van der Waals surface area contributed by atoms with Crippen LogP contribution in [0.1, 0.15) is 25.0 Å². The maximum atomic E-state index is 13.4. The van der Waals surface area contributed by atoms with Crippen molar-refractivity contribution in [3.8, 4) is 22.6 Å². The SMILES string of the molecule is CC(=O)Oc1c(-c2ccccc2)c2oc(=O)c(Cc3ccccc3)c(OC(C)=O)c2c2ccccc12. The van der Waals surface area contributed by atoms with E-state index in [9.17, 15) is 14.4 Å². The molecule has 0 aliphatic rings. The Bertz CT molecular complexity index is 1670. The summed E-state index contributed by atoms with van der Waals surface area (Å²) >= 11 is 0. The molecule has 0 fully saturated rings. The van der Waals surface area contributed by atoms with Crippen LogP contribution >= 0.6 is 0 Å². The molecule has 5 rings (SSSR count). The van der Waals surface area contributed by atoms with Crippen molar-refractivity contribution in [2.45, 2.75) is 20.3 Å². The van der Waals surface area contributed by atoms with Crippen LogP contribution in [0.3, 0.4) is 0 Å². The quantitative estimate of drug-likeness (QED) is 0.132. The number of hydrogen-bond acceptors (Lipinski definition) is 6. The smallest absolute Gasteiger partial charge is 0.343 e. The van der Waals surface area contributed by atoms with Gasteiger partial charge in [0.25, 0.3) is 0 Å². The van der Waals surface area contributed by atoms with E-state index in [0.29, 0.717) is 27.3 Å². The van der Waals surface area contributed by atoms with Crippen LogP contribution in [0.15, 0.2) is 94.1 Å². The van der Waals surface area contributed by atoms with Gasteiger partial charge in [0.1, 0.15) is 5.75 Å². The first-order valence-corrected chi connectivity index (χ1v) is 11.4. The van der Waals surface area contributed by atoms with Crippen molar-refractivity contribution in [3.05, 3.63) is 106 Å². The Labute approximate surface area is 206 Å². The van der Waals surface area contributed by atoms with Crippen LogP contribution in [-0.4, -0.2) is 11.9 Å². The third-order valence-electron chi connectivity index (χ3n) is 5.84. The molecule has 0 radical (unpaired) electrons. The number of esters is 2. The van der Waals surface area contributed by atoms with E-state index < -0.39 is 17.6 Å². The largest absolute Gasteiger partial charge is 0.425 e. The van der Waals surface area contributed by atoms with Gasteiger partial charge in [-0.3, -0.25) is 9.59 Å². The summed E-state index contributed by atoms with van der Waals surface area (Å²) in [5, 5.41) is 1.70. The Balaban J connectivity index is 1.98. The van der Waals surface area contributed by atoms with E-state index in [1.165, 1.54) is 13.8 Å². The first-order chi connectivity index (χ1) is 17.4. The van der Waals surface area contributed by atoms with Gasteiger partial charge in [-0.1, -0.05) is 84.9 Å². The Morgan fingerprint density at radius 2 is 1.28 bits per heavy atom. The molecule has 0 aliphatic heterocycles. The molecule has 1 heterocycles. The highest BCUT2D eigenvalue weighted by Gasteiger charge is 2.27. The minimum atomic E-state index is -0.635. The zero-order valence-electron chi connectivity index (χ0n) is 19.7. The molecule has 5 aromatic rings. The van der Waals surface area contributed by atoms with Crippen molar-refractivity contribution in [2.75, 3.05) is 0 Å². The lowest BCUT2D eigenvalue weighted by atomic mass is 9.93. The van der Waals surface area contributed by atoms with E-state index in [2.05, 4.69) is 0 Å². The molecule has 6 heteroatoms. The number of hydrogen-bond donors (Lipinski definition) is 0. The molecule has 6 nitrogen and oxygen atoms in total. The number of carbonyl (C=O) groups is 2. The summed E-state index contributed by atoms with van der Waals surface area (Å²) in [5.41, 5.74) is 1.74. The average Bonchev–Trinajstić information content (AvgIpc) is 2.87. The lowest BCUT2D eigenvalue weighted by Gasteiger charge is -2.19. The monoisotopic (exact) mass is 478 g/mol. The highest BCUT2D eigenvalue weighted by Crippen LogP contribution is 2.47. The molecule has 0 unspecified atom stereocenters. The van der Waals surface area contributed by atoms with Crippen molar-refractivity contribution in [1.82, 2.24) is 0 Å². The Kier molecular flexibility index (Phi) is 6.09. The van der Waals surface area contributed by atoms with Gasteiger partial charge in [-0.2, -0.15) is 0 Å². The van der Waals surface area contributed by atoms with Crippen LogP contribution in [0, 0.1) is 0 Å². The summed E-state index contributed by atoms with van der Waals surface area (Å²) in [6.45, 7) is 2.61. The summed E-state index contributed by atoms with van der Waals surface area (Å²) in [6, 6.07) is 25.9. The fraction of sp³-hybridized carbons (Fsp3) is 0.100. The summed E-state index contributed by atoms with van der Waals surface area (Å²) in [4.78, 5) is 37.8. The summed E-state index contributed by atoms with van der Waals surface area (Å²) in [7, 11) is 0. The molecule has 0 saturated carbocycles. The molecule has 1 aromatic heterocycles. The molecule has 0 aliphatic carbocycles. The molecule has 4 aromatic carbocycles. The first-order valence-electron chi connectivity index (χ1n) is 11.4. The Hall–Kier alpha value is -4.71. The van der Waals surface area contributed by atoms with Crippen molar-refractivity contribution in [1.29, 1.82) is 0 Å². The zero-order valence-corrected chi connectivity index (χ0v) is 19.7. The van der Waals surface area contributed by atoms with E-state index in [4.69, 9.17) is 13.9 Å². The minimum absolute atomic E-state index is 0.139. The molecule has 0 N–H and O–H groups in total. The molecule has 178 valence electrons. The standard InChI is InChI=1S/C30H22O6/c1-18(31)34-27-23-16-10-9-15-22(23)26-28(35-19(2)32)24(17-20-11-5-3-6-12-20)30(33)36-29(26)25(27)21-13-7-4-8-14-21/h3-16H,17H2,1-2H3. The molecular weight excluding hydrogens is 456 g/mol. The first kappa shape index (κ1) is 23.1. The number of rotatable bonds is 5. The highest BCUT2D eigenvalue weighted by atomic mass is 16.5. The van der Waals surface area contributed by atoms with E-state index >= 15 is 0 Å². The Morgan fingerprint density at radius 1 is 0.722 bits per heavy atom. The van der Waals surface area contributed by atoms with Gasteiger partial charge in [0.05, 0.1) is 16.5 Å². The van der Waals surface area contributed by atoms with Gasteiger partial charge in [0.2, 0.25) is 0 Å². The zero-order chi connectivity index (χ0) is 25.2. The lowest BCUT2D eigenvalue weighted by Crippen LogP contribution is -2.15. The predicted molar refractivity (Wildman–Crippen MR) is 137 cm³/mol. The van der Waals surface area contributed by atoms with Crippen LogP contribution in [0.4, 0.5) is 0 Å². The topological polar surface area (TPSA) is 82.8 Å². The average molecular weight is 479 g/mol. The van der Waals surface area contributed by atoms with Gasteiger partial charge in [0.15, 0.2) is 11.3 Å². The minimum Gasteiger partial charge on any atom is -0.425 e. The molecular formula is C30H22O6. The maximum absolute atomic E-state index is 13.4. The third-order valence-corrected chi connectivity index (χ3v) is 5.84. The second-order valence-corrected chi connectivity index (χ2v) is 8.37. The highest BCUT2D eigenvalue weighted by molar-refractivity contribution is 6.18. The van der Waals surface area contributed by atoms with Crippen LogP contribution in [-0.2, 0) is 16.0 Å². The van der Waals surface area contributed by atoms with Gasteiger partial charge in [-0.05, 0) is 11.1 Å². The van der Waals surface area contributed by atoms with Crippen molar-refractivity contribution < 1.29 is 23.5 Å². The van der Waals surface area contributed by atoms with Gasteiger partial charge in [-0.15, -0.1) is 0 Å². The summed E-state index contributed by atoms with van der Waals surface area (Å²) in [6.07, 6.45) is 0.211. The van der Waals surface area contributed by atoms with Crippen LogP contribution in [0.2, 0.25) is 0 Å². The van der Waals surface area contributed by atoms with Gasteiger partial charge in [0, 0.05) is 31.0 Å². The molecule has 36 heavy (non-hydrogen) atoms. The third kappa shape index (κ3) is 4.25. The van der Waals surface area contributed by atoms with Gasteiger partial charge >= 0.3 is 17.6 Å². The second-order valence-electron chi connectivity index (χ2n) is 8.37. The molecule has 0 saturated heterocycles. The summed E-state index contributed by atoms with van der Waals surface area (Å²) in [5.74, 6) is -0.671. The van der Waals surface area contributed by atoms with Crippen LogP contribution < -0.4 is 15.1 Å². The van der Waals surface area contributed by atoms with E-state index in [1.54, 1.807) is 0 Å². The van der Waals surface area contributed by atoms with Crippen molar-refractivity contribution in [3.63, 3.8) is 0 Å². The predicted octanol–water partition coefficient (Wildman–Crippen LogP) is 6.05. The van der Waals surface area contributed by atoms with Gasteiger partial charge in [-0.25, -0.2) is 4.79 Å². The molecule has 0 spiro atoms. The summed E-state index contributed by atoms with van der Waals surface area (Å²) < 4.78 is 17.4. The van der Waals surface area contributed by atoms with E-state index in [1.807, 2.05) is 84.9 Å². The molecule has 0 atom stereocenters. The van der Waals surface area contributed by atoms with Crippen molar-refractivity contribution in [2.24, 2.45) is 0 Å². The lowest BCUT2D eigenvalue weighted by molar-refractivity contribution is -0.132. The fourth-order valence-corrected chi connectivity index (χ4v) is 4.44. The number of benzene rings is 4. The van der Waals surface area contributed by atoms with Gasteiger partial charge < -0.3 is 13.9 Å². The molecule has 0 amide bonds. The molecule has 0 bridgehead atoms. The van der Waals surface area contributed by atoms with Crippen molar-refractivity contribution >= 4 is 33.7 Å². The van der Waals surface area contributed by atoms with Crippen LogP contribution in [0.25, 0.3) is 32.9 Å². The number of carbonyl (C=O) groups excluding carboxylic acids is 2. The van der Waals surface area contributed by atoms with Crippen LogP contribution in [0.5, 0.6) is 11.5 Å². The normalized spacial score (nSPS) is 10.9.